The van der Waals surface area contributed by atoms with E-state index in [1.165, 1.54) is 24.4 Å². The minimum Gasteiger partial charge on any atom is -0.480 e. The maximum absolute atomic E-state index is 11.7. The van der Waals surface area contributed by atoms with Crippen LogP contribution in [0.1, 0.15) is 17.5 Å². The van der Waals surface area contributed by atoms with E-state index in [-0.39, 0.29) is 18.1 Å². The van der Waals surface area contributed by atoms with Crippen LogP contribution in [0.4, 0.5) is 0 Å². The van der Waals surface area contributed by atoms with Gasteiger partial charge in [-0.15, -0.1) is 11.8 Å². The molecule has 6 heteroatoms. The highest BCUT2D eigenvalue weighted by Crippen LogP contribution is 2.13. The third-order valence-electron chi connectivity index (χ3n) is 2.83. The molecule has 5 nitrogen and oxygen atoms in total. The highest BCUT2D eigenvalue weighted by Gasteiger charge is 2.19. The number of ether oxygens (including phenoxy) is 1. The van der Waals surface area contributed by atoms with Crippen molar-refractivity contribution in [2.45, 2.75) is 25.1 Å². The molecular formula is C15H21NO4S. The molecule has 0 saturated carbocycles. The van der Waals surface area contributed by atoms with Gasteiger partial charge < -0.3 is 15.2 Å². The van der Waals surface area contributed by atoms with Crippen LogP contribution in [0.5, 0.6) is 0 Å². The Labute approximate surface area is 129 Å². The molecular weight excluding hydrogens is 290 g/mol. The van der Waals surface area contributed by atoms with Crippen molar-refractivity contribution in [3.8, 4) is 0 Å². The van der Waals surface area contributed by atoms with Gasteiger partial charge in [-0.1, -0.05) is 29.8 Å². The molecule has 1 rings (SSSR count). The minimum absolute atomic E-state index is 0.241. The van der Waals surface area contributed by atoms with Crippen molar-refractivity contribution in [1.29, 1.82) is 0 Å². The summed E-state index contributed by atoms with van der Waals surface area (Å²) in [7, 11) is 1.50. The Morgan fingerprint density at radius 2 is 2.19 bits per heavy atom. The maximum Gasteiger partial charge on any atom is 0.326 e. The summed E-state index contributed by atoms with van der Waals surface area (Å²) in [6, 6.07) is 7.20. The number of amides is 1. The van der Waals surface area contributed by atoms with Crippen LogP contribution in [0.25, 0.3) is 0 Å². The number of nitrogens with one attached hydrogen (secondary N) is 1. The molecule has 1 aromatic rings. The summed E-state index contributed by atoms with van der Waals surface area (Å²) in [6.45, 7) is 2.32. The number of hydrogen-bond donors (Lipinski definition) is 2. The second kappa shape index (κ2) is 9.41. The number of carbonyl (C=O) groups excluding carboxylic acids is 1. The normalized spacial score (nSPS) is 11.9. The average molecular weight is 311 g/mol. The first-order valence-electron chi connectivity index (χ1n) is 6.67. The molecule has 1 amide bonds. The lowest BCUT2D eigenvalue weighted by molar-refractivity contribution is -0.142. The molecule has 0 fully saturated rings. The Hall–Kier alpha value is -1.53. The average Bonchev–Trinajstić information content (AvgIpc) is 2.43. The van der Waals surface area contributed by atoms with Crippen molar-refractivity contribution in [3.05, 3.63) is 35.4 Å². The van der Waals surface area contributed by atoms with E-state index >= 15 is 0 Å². The Morgan fingerprint density at radius 3 is 2.81 bits per heavy atom. The highest BCUT2D eigenvalue weighted by atomic mass is 32.2. The molecule has 1 unspecified atom stereocenters. The molecule has 1 atom stereocenters. The van der Waals surface area contributed by atoms with Crippen LogP contribution in [0.3, 0.4) is 0 Å². The lowest BCUT2D eigenvalue weighted by atomic mass is 10.2. The second-order valence-electron chi connectivity index (χ2n) is 4.72. The zero-order valence-corrected chi connectivity index (χ0v) is 13.1. The van der Waals surface area contributed by atoms with Gasteiger partial charge >= 0.3 is 5.97 Å². The van der Waals surface area contributed by atoms with Crippen LogP contribution in [0.2, 0.25) is 0 Å². The number of carbonyl (C=O) groups is 2. The topological polar surface area (TPSA) is 75.6 Å². The number of carboxylic acid groups (broad SMARTS) is 1. The van der Waals surface area contributed by atoms with Gasteiger partial charge in [0.2, 0.25) is 5.91 Å². The van der Waals surface area contributed by atoms with E-state index in [0.717, 1.165) is 11.3 Å². The molecule has 0 aliphatic carbocycles. The van der Waals surface area contributed by atoms with E-state index in [4.69, 9.17) is 9.84 Å². The van der Waals surface area contributed by atoms with Gasteiger partial charge in [0.15, 0.2) is 0 Å². The number of aryl methyl sites for hydroxylation is 1. The Kier molecular flexibility index (Phi) is 7.85. The SMILES string of the molecule is COCCC(NC(=O)CSCc1cccc(C)c1)C(=O)O. The molecule has 0 bridgehead atoms. The summed E-state index contributed by atoms with van der Waals surface area (Å²) < 4.78 is 4.83. The maximum atomic E-state index is 11.7. The molecule has 0 aromatic heterocycles. The predicted octanol–water partition coefficient (Wildman–Crippen LogP) is 1.83. The molecule has 2 N–H and O–H groups in total. The van der Waals surface area contributed by atoms with E-state index in [1.807, 2.05) is 25.1 Å². The smallest absolute Gasteiger partial charge is 0.326 e. The van der Waals surface area contributed by atoms with Crippen LogP contribution in [-0.2, 0) is 20.1 Å². The van der Waals surface area contributed by atoms with Gasteiger partial charge in [-0.25, -0.2) is 4.79 Å². The number of carboxylic acids is 1. The van der Waals surface area contributed by atoms with E-state index in [1.54, 1.807) is 0 Å². The first kappa shape index (κ1) is 17.5. The fourth-order valence-corrected chi connectivity index (χ4v) is 2.58. The lowest BCUT2D eigenvalue weighted by Crippen LogP contribution is -2.42. The van der Waals surface area contributed by atoms with Gasteiger partial charge in [-0.3, -0.25) is 4.79 Å². The molecule has 0 aliphatic rings. The van der Waals surface area contributed by atoms with Crippen molar-refractivity contribution in [2.75, 3.05) is 19.5 Å². The largest absolute Gasteiger partial charge is 0.480 e. The van der Waals surface area contributed by atoms with Gasteiger partial charge in [0.1, 0.15) is 6.04 Å². The third kappa shape index (κ3) is 7.15. The van der Waals surface area contributed by atoms with Crippen LogP contribution in [-0.4, -0.2) is 42.5 Å². The number of benzene rings is 1. The standard InChI is InChI=1S/C15H21NO4S/c1-11-4-3-5-12(8-11)9-21-10-14(17)16-13(15(18)19)6-7-20-2/h3-5,8,13H,6-7,9-10H2,1-2H3,(H,16,17)(H,18,19). The number of aliphatic carboxylic acids is 1. The monoisotopic (exact) mass is 311 g/mol. The van der Waals surface area contributed by atoms with Gasteiger partial charge in [-0.05, 0) is 12.5 Å². The minimum atomic E-state index is -1.04. The highest BCUT2D eigenvalue weighted by molar-refractivity contribution is 7.99. The molecule has 0 heterocycles. The van der Waals surface area contributed by atoms with Crippen molar-refractivity contribution < 1.29 is 19.4 Å². The van der Waals surface area contributed by atoms with E-state index in [0.29, 0.717) is 6.61 Å². The Bertz CT molecular complexity index is 478. The van der Waals surface area contributed by atoms with Crippen molar-refractivity contribution >= 4 is 23.6 Å². The molecule has 0 spiro atoms. The number of hydrogen-bond acceptors (Lipinski definition) is 4. The van der Waals surface area contributed by atoms with Crippen molar-refractivity contribution in [1.82, 2.24) is 5.32 Å². The van der Waals surface area contributed by atoms with Gasteiger partial charge in [0.05, 0.1) is 5.75 Å². The van der Waals surface area contributed by atoms with Crippen LogP contribution < -0.4 is 5.32 Å². The number of rotatable bonds is 9. The fourth-order valence-electron chi connectivity index (χ4n) is 1.79. The predicted molar refractivity (Wildman–Crippen MR) is 83.4 cm³/mol. The molecule has 0 radical (unpaired) electrons. The Balaban J connectivity index is 2.34. The second-order valence-corrected chi connectivity index (χ2v) is 5.71. The summed E-state index contributed by atoms with van der Waals surface area (Å²) in [6.07, 6.45) is 0.264. The van der Waals surface area contributed by atoms with Gasteiger partial charge in [0.25, 0.3) is 0 Å². The van der Waals surface area contributed by atoms with Crippen molar-refractivity contribution in [3.63, 3.8) is 0 Å². The summed E-state index contributed by atoms with van der Waals surface area (Å²) in [5, 5.41) is 11.5. The van der Waals surface area contributed by atoms with Crippen LogP contribution in [0, 0.1) is 6.92 Å². The van der Waals surface area contributed by atoms with Gasteiger partial charge in [-0.2, -0.15) is 0 Å². The summed E-state index contributed by atoms with van der Waals surface area (Å²) in [4.78, 5) is 22.7. The summed E-state index contributed by atoms with van der Waals surface area (Å²) >= 11 is 1.46. The first-order chi connectivity index (χ1) is 10.0. The van der Waals surface area contributed by atoms with Gasteiger partial charge in [0, 0.05) is 25.9 Å². The molecule has 116 valence electrons. The van der Waals surface area contributed by atoms with Crippen LogP contribution >= 0.6 is 11.8 Å². The Morgan fingerprint density at radius 1 is 1.43 bits per heavy atom. The lowest BCUT2D eigenvalue weighted by Gasteiger charge is -2.13. The van der Waals surface area contributed by atoms with E-state index in [2.05, 4.69) is 11.4 Å². The summed E-state index contributed by atoms with van der Waals surface area (Å²) in [5.74, 6) is -0.337. The van der Waals surface area contributed by atoms with Crippen LogP contribution in [0.15, 0.2) is 24.3 Å². The molecule has 1 aromatic carbocycles. The quantitative estimate of drug-likeness (QED) is 0.728. The number of thioether (sulfide) groups is 1. The van der Waals surface area contributed by atoms with Crippen molar-refractivity contribution in [2.24, 2.45) is 0 Å². The zero-order valence-electron chi connectivity index (χ0n) is 12.3. The fraction of sp³-hybridized carbons (Fsp3) is 0.467. The third-order valence-corrected chi connectivity index (χ3v) is 3.83. The van der Waals surface area contributed by atoms with E-state index < -0.39 is 12.0 Å². The first-order valence-corrected chi connectivity index (χ1v) is 7.82. The molecule has 0 saturated heterocycles. The van der Waals surface area contributed by atoms with E-state index in [9.17, 15) is 9.59 Å². The summed E-state index contributed by atoms with van der Waals surface area (Å²) in [5.41, 5.74) is 2.34. The number of methoxy groups -OCH3 is 1. The molecule has 0 aliphatic heterocycles. The molecule has 21 heavy (non-hydrogen) atoms. The zero-order chi connectivity index (χ0) is 15.7.